The predicted molar refractivity (Wildman–Crippen MR) is 88.2 cm³/mol. The van der Waals surface area contributed by atoms with Crippen molar-refractivity contribution < 1.29 is 28.6 Å². The highest BCUT2D eigenvalue weighted by Gasteiger charge is 2.68. The Labute approximate surface area is 150 Å². The van der Waals surface area contributed by atoms with Crippen molar-refractivity contribution in [3.63, 3.8) is 0 Å². The van der Waals surface area contributed by atoms with Gasteiger partial charge < -0.3 is 9.84 Å². The Morgan fingerprint density at radius 2 is 2.04 bits per heavy atom. The molecule has 140 valence electrons. The molecule has 0 radical (unpaired) electrons. The molecule has 0 spiro atoms. The third kappa shape index (κ3) is 2.44. The molecule has 0 saturated carbocycles. The molecular formula is C18H21FN2O5. The van der Waals surface area contributed by atoms with Gasteiger partial charge in [-0.1, -0.05) is 6.07 Å². The molecule has 1 aromatic rings. The number of halogens is 1. The zero-order valence-corrected chi connectivity index (χ0v) is 14.8. The molecule has 0 aromatic heterocycles. The molecule has 2 amide bonds. The summed E-state index contributed by atoms with van der Waals surface area (Å²) in [5.41, 5.74) is -0.668. The van der Waals surface area contributed by atoms with Crippen LogP contribution in [-0.2, 0) is 19.1 Å². The summed E-state index contributed by atoms with van der Waals surface area (Å²) in [4.78, 5) is 39.2. The number of aliphatic hydroxyl groups is 1. The molecule has 0 bridgehead atoms. The zero-order valence-electron chi connectivity index (χ0n) is 14.8. The molecule has 4 atom stereocenters. The Kier molecular flexibility index (Phi) is 4.58. The molecule has 0 unspecified atom stereocenters. The number of ether oxygens (including phenoxy) is 1. The molecule has 2 N–H and O–H groups in total. The number of likely N-dealkylation sites (tertiary alicyclic amines) is 1. The fourth-order valence-corrected chi connectivity index (χ4v) is 4.19. The number of fused-ring (bicyclic) bond motifs is 1. The molecule has 8 heteroatoms. The van der Waals surface area contributed by atoms with Crippen molar-refractivity contribution in [2.24, 2.45) is 11.8 Å². The van der Waals surface area contributed by atoms with E-state index in [4.69, 9.17) is 4.74 Å². The number of carbonyl (C=O) groups is 3. The SMILES string of the molecule is CCN1C(=O)[C@H]2[C@@H](c3cc(C)cc(F)c3)N[C@@](CO)(C(=O)OC)[C@H]2C1=O. The van der Waals surface area contributed by atoms with Crippen LogP contribution in [0.2, 0.25) is 0 Å². The minimum absolute atomic E-state index is 0.155. The van der Waals surface area contributed by atoms with E-state index in [1.807, 2.05) is 0 Å². The Hall–Kier alpha value is -2.32. The molecule has 2 aliphatic heterocycles. The van der Waals surface area contributed by atoms with E-state index in [1.165, 1.54) is 12.1 Å². The van der Waals surface area contributed by atoms with Gasteiger partial charge in [0, 0.05) is 12.6 Å². The third-order valence-corrected chi connectivity index (χ3v) is 5.28. The van der Waals surface area contributed by atoms with Gasteiger partial charge in [-0.2, -0.15) is 0 Å². The predicted octanol–water partition coefficient (Wildman–Crippen LogP) is 0.304. The third-order valence-electron chi connectivity index (χ3n) is 5.28. The van der Waals surface area contributed by atoms with E-state index in [2.05, 4.69) is 5.32 Å². The summed E-state index contributed by atoms with van der Waals surface area (Å²) in [6.07, 6.45) is 0. The van der Waals surface area contributed by atoms with E-state index < -0.39 is 53.6 Å². The summed E-state index contributed by atoms with van der Waals surface area (Å²) in [6.45, 7) is 2.80. The van der Waals surface area contributed by atoms with E-state index in [1.54, 1.807) is 19.9 Å². The number of esters is 1. The van der Waals surface area contributed by atoms with Crippen LogP contribution < -0.4 is 5.32 Å². The van der Waals surface area contributed by atoms with Gasteiger partial charge in [-0.3, -0.25) is 19.8 Å². The normalized spacial score (nSPS) is 30.7. The fraction of sp³-hybridized carbons (Fsp3) is 0.500. The van der Waals surface area contributed by atoms with Gasteiger partial charge in [0.2, 0.25) is 11.8 Å². The van der Waals surface area contributed by atoms with Crippen LogP contribution in [0.3, 0.4) is 0 Å². The Bertz CT molecular complexity index is 763. The van der Waals surface area contributed by atoms with Crippen molar-refractivity contribution in [2.45, 2.75) is 25.4 Å². The highest BCUT2D eigenvalue weighted by molar-refractivity contribution is 6.09. The van der Waals surface area contributed by atoms with Crippen LogP contribution in [0.5, 0.6) is 0 Å². The molecular weight excluding hydrogens is 343 g/mol. The van der Waals surface area contributed by atoms with Crippen molar-refractivity contribution in [3.8, 4) is 0 Å². The summed E-state index contributed by atoms with van der Waals surface area (Å²) in [5.74, 6) is -4.33. The molecule has 2 fully saturated rings. The van der Waals surface area contributed by atoms with Crippen molar-refractivity contribution in [3.05, 3.63) is 35.1 Å². The number of hydrogen-bond acceptors (Lipinski definition) is 6. The van der Waals surface area contributed by atoms with Gasteiger partial charge >= 0.3 is 5.97 Å². The number of carbonyl (C=O) groups excluding carboxylic acids is 3. The molecule has 3 rings (SSSR count). The molecule has 2 heterocycles. The minimum Gasteiger partial charge on any atom is -0.468 e. The number of nitrogens with zero attached hydrogens (tertiary/aromatic N) is 1. The molecule has 7 nitrogen and oxygen atoms in total. The second-order valence-corrected chi connectivity index (χ2v) is 6.73. The topological polar surface area (TPSA) is 95.9 Å². The maximum absolute atomic E-state index is 13.9. The number of amides is 2. The van der Waals surface area contributed by atoms with Crippen LogP contribution >= 0.6 is 0 Å². The number of nitrogens with one attached hydrogen (secondary N) is 1. The first kappa shape index (κ1) is 18.5. The van der Waals surface area contributed by atoms with Crippen LogP contribution in [0.4, 0.5) is 4.39 Å². The number of methoxy groups -OCH3 is 1. The lowest BCUT2D eigenvalue weighted by atomic mass is 9.79. The maximum Gasteiger partial charge on any atom is 0.329 e. The number of hydrogen-bond donors (Lipinski definition) is 2. The summed E-state index contributed by atoms with van der Waals surface area (Å²) in [5, 5.41) is 12.9. The quantitative estimate of drug-likeness (QED) is 0.590. The lowest BCUT2D eigenvalue weighted by molar-refractivity contribution is -0.156. The van der Waals surface area contributed by atoms with E-state index in [-0.39, 0.29) is 6.54 Å². The van der Waals surface area contributed by atoms with Crippen LogP contribution in [0.1, 0.15) is 24.1 Å². The van der Waals surface area contributed by atoms with Gasteiger partial charge in [-0.05, 0) is 37.1 Å². The molecule has 26 heavy (non-hydrogen) atoms. The zero-order chi connectivity index (χ0) is 19.2. The summed E-state index contributed by atoms with van der Waals surface area (Å²) >= 11 is 0. The minimum atomic E-state index is -1.75. The molecule has 1 aromatic carbocycles. The first-order valence-corrected chi connectivity index (χ1v) is 8.40. The van der Waals surface area contributed by atoms with Gasteiger partial charge in [0.15, 0.2) is 5.54 Å². The van der Waals surface area contributed by atoms with Crippen LogP contribution in [0, 0.1) is 24.6 Å². The Morgan fingerprint density at radius 1 is 1.35 bits per heavy atom. The monoisotopic (exact) mass is 364 g/mol. The smallest absolute Gasteiger partial charge is 0.329 e. The molecule has 2 saturated heterocycles. The van der Waals surface area contributed by atoms with Gasteiger partial charge in [0.25, 0.3) is 0 Å². The number of aryl methyl sites for hydroxylation is 1. The van der Waals surface area contributed by atoms with Gasteiger partial charge in [0.1, 0.15) is 5.82 Å². The average Bonchev–Trinajstić information content (AvgIpc) is 3.08. The van der Waals surface area contributed by atoms with E-state index in [9.17, 15) is 23.9 Å². The first-order valence-electron chi connectivity index (χ1n) is 8.40. The second kappa shape index (κ2) is 6.44. The van der Waals surface area contributed by atoms with Crippen molar-refractivity contribution in [1.29, 1.82) is 0 Å². The van der Waals surface area contributed by atoms with E-state index in [0.29, 0.717) is 11.1 Å². The summed E-state index contributed by atoms with van der Waals surface area (Å²) in [6, 6.07) is 3.50. The number of rotatable bonds is 4. The lowest BCUT2D eigenvalue weighted by Gasteiger charge is -2.30. The average molecular weight is 364 g/mol. The van der Waals surface area contributed by atoms with Crippen molar-refractivity contribution in [1.82, 2.24) is 10.2 Å². The Morgan fingerprint density at radius 3 is 2.58 bits per heavy atom. The van der Waals surface area contributed by atoms with Crippen LogP contribution in [-0.4, -0.2) is 53.6 Å². The van der Waals surface area contributed by atoms with Gasteiger partial charge in [-0.25, -0.2) is 9.18 Å². The molecule has 2 aliphatic rings. The number of imide groups is 1. The number of aliphatic hydroxyl groups excluding tert-OH is 1. The molecule has 0 aliphatic carbocycles. The number of benzene rings is 1. The lowest BCUT2D eigenvalue weighted by Crippen LogP contribution is -2.58. The van der Waals surface area contributed by atoms with Crippen LogP contribution in [0.15, 0.2) is 18.2 Å². The van der Waals surface area contributed by atoms with Crippen molar-refractivity contribution in [2.75, 3.05) is 20.3 Å². The fourth-order valence-electron chi connectivity index (χ4n) is 4.19. The van der Waals surface area contributed by atoms with E-state index >= 15 is 0 Å². The van der Waals surface area contributed by atoms with E-state index in [0.717, 1.165) is 12.0 Å². The van der Waals surface area contributed by atoms with Crippen LogP contribution in [0.25, 0.3) is 0 Å². The van der Waals surface area contributed by atoms with Gasteiger partial charge in [-0.15, -0.1) is 0 Å². The largest absolute Gasteiger partial charge is 0.468 e. The summed E-state index contributed by atoms with van der Waals surface area (Å²) in [7, 11) is 1.15. The maximum atomic E-state index is 13.9. The van der Waals surface area contributed by atoms with Crippen molar-refractivity contribution >= 4 is 17.8 Å². The first-order chi connectivity index (χ1) is 12.3. The van der Waals surface area contributed by atoms with Gasteiger partial charge in [0.05, 0.1) is 25.6 Å². The summed E-state index contributed by atoms with van der Waals surface area (Å²) < 4.78 is 18.7. The Balaban J connectivity index is 2.17. The highest BCUT2D eigenvalue weighted by Crippen LogP contribution is 2.49. The standard InChI is InChI=1S/C18H21FN2O5/c1-4-21-15(23)12-13(16(21)24)18(8-22,17(25)26-3)20-14(12)10-5-9(2)6-11(19)7-10/h5-7,12-14,20,22H,4,8H2,1-3H3/t12-,13-,14-,18-/m1/s1. The second-order valence-electron chi connectivity index (χ2n) is 6.73. The highest BCUT2D eigenvalue weighted by atomic mass is 19.1.